The Labute approximate surface area is 78.8 Å². The van der Waals surface area contributed by atoms with Crippen molar-refractivity contribution in [1.82, 2.24) is 0 Å². The Morgan fingerprint density at radius 3 is 2.82 bits per heavy atom. The highest BCUT2D eigenvalue weighted by molar-refractivity contribution is 14.1. The lowest BCUT2D eigenvalue weighted by Gasteiger charge is -1.99. The second-order valence-electron chi connectivity index (χ2n) is 2.03. The van der Waals surface area contributed by atoms with E-state index in [-0.39, 0.29) is 0 Å². The van der Waals surface area contributed by atoms with Crippen LogP contribution in [0.15, 0.2) is 24.3 Å². The fraction of sp³-hybridized carbons (Fsp3) is 0.143. The first-order chi connectivity index (χ1) is 5.33. The third-order valence-electron chi connectivity index (χ3n) is 1.15. The summed E-state index contributed by atoms with van der Waals surface area (Å²) in [5.41, 5.74) is 1.11. The molecule has 0 bridgehead atoms. The van der Waals surface area contributed by atoms with E-state index in [1.807, 2.05) is 25.1 Å². The van der Waals surface area contributed by atoms with E-state index in [1.54, 1.807) is 29.1 Å². The van der Waals surface area contributed by atoms with Gasteiger partial charge in [0.25, 0.3) is 0 Å². The highest BCUT2D eigenvalue weighted by atomic mass is 127. The lowest BCUT2D eigenvalue weighted by molar-refractivity contribution is -0.388. The molecule has 0 saturated carbocycles. The van der Waals surface area contributed by atoms with Crippen LogP contribution in [0.1, 0.15) is 5.56 Å². The van der Waals surface area contributed by atoms with Gasteiger partial charge < -0.3 is 4.89 Å². The van der Waals surface area contributed by atoms with Crippen LogP contribution in [0.3, 0.4) is 0 Å². The minimum absolute atomic E-state index is 0.627. The van der Waals surface area contributed by atoms with E-state index in [0.29, 0.717) is 5.75 Å². The molecule has 11 heavy (non-hydrogen) atoms. The fourth-order valence-electron chi connectivity index (χ4n) is 0.719. The third kappa shape index (κ3) is 3.04. The molecule has 0 aliphatic carbocycles. The Kier molecular flexibility index (Phi) is 3.61. The van der Waals surface area contributed by atoms with Crippen LogP contribution in [-0.4, -0.2) is 0 Å². The van der Waals surface area contributed by atoms with Crippen LogP contribution in [0.25, 0.3) is 0 Å². The van der Waals surface area contributed by atoms with Gasteiger partial charge in [0, 0.05) is 0 Å². The predicted molar refractivity (Wildman–Crippen MR) is 48.0 cm³/mol. The van der Waals surface area contributed by atoms with Gasteiger partial charge in [-0.1, -0.05) is 12.1 Å². The van der Waals surface area contributed by atoms with E-state index in [2.05, 4.69) is 8.26 Å². The van der Waals surface area contributed by atoms with Crippen molar-refractivity contribution in [2.24, 2.45) is 0 Å². The molecule has 1 aromatic carbocycles. The van der Waals surface area contributed by atoms with Gasteiger partial charge in [0.2, 0.25) is 0 Å². The van der Waals surface area contributed by atoms with E-state index >= 15 is 0 Å². The number of benzene rings is 1. The number of hydrogen-bond donors (Lipinski definition) is 0. The van der Waals surface area contributed by atoms with E-state index in [0.717, 1.165) is 5.56 Å². The van der Waals surface area contributed by atoms with Crippen molar-refractivity contribution in [2.75, 3.05) is 0 Å². The molecule has 0 saturated heterocycles. The van der Waals surface area contributed by atoms with Crippen LogP contribution in [0.2, 0.25) is 0 Å². The van der Waals surface area contributed by atoms with Crippen LogP contribution in [0, 0.1) is 6.92 Å². The summed E-state index contributed by atoms with van der Waals surface area (Å²) in [7, 11) is 0. The number of rotatable bonds is 3. The van der Waals surface area contributed by atoms with Crippen LogP contribution in [0.5, 0.6) is 5.75 Å². The molecular formula is C7H7IO3. The number of aryl methyl sites for hydroxylation is 1. The molecule has 0 unspecified atom stereocenters. The van der Waals surface area contributed by atoms with Crippen molar-refractivity contribution >= 4 is 23.0 Å². The lowest BCUT2D eigenvalue weighted by atomic mass is 10.2. The van der Waals surface area contributed by atoms with E-state index in [9.17, 15) is 0 Å². The standard InChI is InChI=1S/C7H7IO3/c1-6-3-2-4-7(5-6)9-11-10-8/h2-5H,1H3. The first-order valence-electron chi connectivity index (χ1n) is 3.01. The average molecular weight is 266 g/mol. The maximum Gasteiger partial charge on any atom is 0.168 e. The van der Waals surface area contributed by atoms with Gasteiger partial charge in [-0.15, -0.1) is 3.22 Å². The predicted octanol–water partition coefficient (Wildman–Crippen LogP) is 2.59. The second kappa shape index (κ2) is 4.53. The SMILES string of the molecule is Cc1cccc(OOOI)c1. The molecule has 0 aliphatic rings. The average Bonchev–Trinajstić information content (AvgIpc) is 2.01. The zero-order valence-corrected chi connectivity index (χ0v) is 8.07. The number of hydrogen-bond acceptors (Lipinski definition) is 3. The molecule has 0 atom stereocenters. The van der Waals surface area contributed by atoms with Gasteiger partial charge in [0.05, 0.1) is 0 Å². The fourth-order valence-corrected chi connectivity index (χ4v) is 0.793. The highest BCUT2D eigenvalue weighted by Gasteiger charge is 1.93. The van der Waals surface area contributed by atoms with Crippen molar-refractivity contribution in [3.05, 3.63) is 29.8 Å². The summed E-state index contributed by atoms with van der Waals surface area (Å²) in [6.45, 7) is 1.97. The molecular weight excluding hydrogens is 259 g/mol. The van der Waals surface area contributed by atoms with E-state index in [1.165, 1.54) is 0 Å². The molecule has 0 aromatic heterocycles. The maximum atomic E-state index is 4.71. The van der Waals surface area contributed by atoms with Crippen LogP contribution < -0.4 is 4.89 Å². The van der Waals surface area contributed by atoms with E-state index < -0.39 is 0 Å². The Morgan fingerprint density at radius 2 is 2.18 bits per heavy atom. The van der Waals surface area contributed by atoms with Gasteiger partial charge in [0.1, 0.15) is 0 Å². The smallest absolute Gasteiger partial charge is 0.168 e. The minimum atomic E-state index is 0.627. The molecule has 4 heteroatoms. The second-order valence-corrected chi connectivity index (χ2v) is 2.39. The molecule has 0 radical (unpaired) electrons. The molecule has 1 aromatic rings. The summed E-state index contributed by atoms with van der Waals surface area (Å²) in [6.07, 6.45) is 0. The van der Waals surface area contributed by atoms with Gasteiger partial charge in [-0.25, -0.2) is 0 Å². The van der Waals surface area contributed by atoms with Crippen molar-refractivity contribution in [3.8, 4) is 5.75 Å². The zero-order chi connectivity index (χ0) is 8.10. The quantitative estimate of drug-likeness (QED) is 0.478. The van der Waals surface area contributed by atoms with E-state index in [4.69, 9.17) is 4.89 Å². The van der Waals surface area contributed by atoms with Crippen molar-refractivity contribution in [1.29, 1.82) is 0 Å². The summed E-state index contributed by atoms with van der Waals surface area (Å²) < 4.78 is 4.23. The van der Waals surface area contributed by atoms with Crippen molar-refractivity contribution < 1.29 is 13.1 Å². The Morgan fingerprint density at radius 1 is 1.36 bits per heavy atom. The van der Waals surface area contributed by atoms with Crippen LogP contribution >= 0.6 is 23.0 Å². The van der Waals surface area contributed by atoms with Crippen LogP contribution in [0.4, 0.5) is 0 Å². The zero-order valence-electron chi connectivity index (χ0n) is 5.91. The van der Waals surface area contributed by atoms with Gasteiger partial charge in [-0.3, -0.25) is 0 Å². The molecule has 3 nitrogen and oxygen atoms in total. The summed E-state index contributed by atoms with van der Waals surface area (Å²) >= 11 is 1.58. The molecule has 0 N–H and O–H groups in total. The van der Waals surface area contributed by atoms with Gasteiger partial charge >= 0.3 is 0 Å². The molecule has 0 spiro atoms. The summed E-state index contributed by atoms with van der Waals surface area (Å²) in [6, 6.07) is 7.47. The molecule has 1 rings (SSSR count). The lowest BCUT2D eigenvalue weighted by Crippen LogP contribution is -1.91. The molecule has 0 amide bonds. The first-order valence-corrected chi connectivity index (χ1v) is 3.89. The van der Waals surface area contributed by atoms with Gasteiger partial charge in [-0.2, -0.15) is 0 Å². The monoisotopic (exact) mass is 266 g/mol. The normalized spacial score (nSPS) is 9.64. The van der Waals surface area contributed by atoms with Gasteiger partial charge in [0.15, 0.2) is 28.8 Å². The summed E-state index contributed by atoms with van der Waals surface area (Å²) in [5.74, 6) is 0.627. The highest BCUT2D eigenvalue weighted by Crippen LogP contribution is 2.12. The molecule has 0 aliphatic heterocycles. The minimum Gasteiger partial charge on any atom is -0.308 e. The van der Waals surface area contributed by atoms with Crippen molar-refractivity contribution in [2.45, 2.75) is 6.92 Å². The van der Waals surface area contributed by atoms with Crippen LogP contribution in [-0.2, 0) is 8.26 Å². The maximum absolute atomic E-state index is 4.71. The molecule has 0 heterocycles. The summed E-state index contributed by atoms with van der Waals surface area (Å²) in [4.78, 5) is 4.71. The Balaban J connectivity index is 2.56. The Hall–Kier alpha value is -0.330. The molecule has 0 fully saturated rings. The third-order valence-corrected chi connectivity index (χ3v) is 1.29. The molecule has 60 valence electrons. The first kappa shape index (κ1) is 8.76. The van der Waals surface area contributed by atoms with Gasteiger partial charge in [-0.05, 0) is 29.7 Å². The topological polar surface area (TPSA) is 27.7 Å². The van der Waals surface area contributed by atoms with Crippen molar-refractivity contribution in [3.63, 3.8) is 0 Å². The Bertz CT molecular complexity index is 227. The number of halogens is 1. The largest absolute Gasteiger partial charge is 0.308 e. The summed E-state index contributed by atoms with van der Waals surface area (Å²) in [5, 5.41) is 4.26.